The number of ether oxygens (including phenoxy) is 1. The van der Waals surface area contributed by atoms with Crippen molar-refractivity contribution in [1.82, 2.24) is 9.97 Å². The first-order chi connectivity index (χ1) is 12.0. The highest BCUT2D eigenvalue weighted by Crippen LogP contribution is 2.34. The third kappa shape index (κ3) is 3.13. The SMILES string of the molecule is N#Cc1c(N)nc(N)nc1-c1ccc(N2CCOCC2)c([N+](=O)[O-])c1. The quantitative estimate of drug-likeness (QED) is 0.611. The second kappa shape index (κ2) is 6.58. The van der Waals surface area contributed by atoms with Gasteiger partial charge in [-0.2, -0.15) is 10.2 Å². The van der Waals surface area contributed by atoms with Crippen LogP contribution in [0.2, 0.25) is 0 Å². The predicted molar refractivity (Wildman–Crippen MR) is 90.7 cm³/mol. The molecule has 128 valence electrons. The Morgan fingerprint density at radius 2 is 2.00 bits per heavy atom. The maximum Gasteiger partial charge on any atom is 0.293 e. The summed E-state index contributed by atoms with van der Waals surface area (Å²) < 4.78 is 5.28. The Morgan fingerprint density at radius 3 is 2.64 bits per heavy atom. The molecule has 0 unspecified atom stereocenters. The van der Waals surface area contributed by atoms with Gasteiger partial charge in [-0.25, -0.2) is 4.98 Å². The number of nitro groups is 1. The molecule has 1 aliphatic heterocycles. The molecule has 2 aromatic rings. The molecule has 0 amide bonds. The molecule has 0 aliphatic carbocycles. The number of anilines is 3. The molecule has 25 heavy (non-hydrogen) atoms. The minimum atomic E-state index is -0.464. The van der Waals surface area contributed by atoms with Gasteiger partial charge >= 0.3 is 0 Å². The van der Waals surface area contributed by atoms with E-state index in [4.69, 9.17) is 16.2 Å². The standard InChI is InChI=1S/C15H15N7O3/c16-8-10-13(19-15(18)20-14(10)17)9-1-2-11(12(7-9)22(23)24)21-3-5-25-6-4-21/h1-2,7H,3-6H2,(H4,17,18,19,20). The van der Waals surface area contributed by atoms with E-state index in [2.05, 4.69) is 9.97 Å². The summed E-state index contributed by atoms with van der Waals surface area (Å²) in [6.45, 7) is 2.15. The highest BCUT2D eigenvalue weighted by Gasteiger charge is 2.23. The van der Waals surface area contributed by atoms with E-state index in [1.165, 1.54) is 6.07 Å². The van der Waals surface area contributed by atoms with E-state index in [0.29, 0.717) is 37.6 Å². The molecule has 1 fully saturated rings. The van der Waals surface area contributed by atoms with Gasteiger partial charge in [0, 0.05) is 24.7 Å². The van der Waals surface area contributed by atoms with Crippen LogP contribution in [0.3, 0.4) is 0 Å². The highest BCUT2D eigenvalue weighted by atomic mass is 16.6. The smallest absolute Gasteiger partial charge is 0.293 e. The van der Waals surface area contributed by atoms with Gasteiger partial charge in [-0.15, -0.1) is 0 Å². The number of morpholine rings is 1. The molecule has 10 heteroatoms. The van der Waals surface area contributed by atoms with Crippen LogP contribution >= 0.6 is 0 Å². The van der Waals surface area contributed by atoms with E-state index in [-0.39, 0.29) is 28.7 Å². The van der Waals surface area contributed by atoms with Crippen molar-refractivity contribution >= 4 is 23.1 Å². The molecule has 1 aromatic carbocycles. The maximum atomic E-state index is 11.5. The molecule has 0 atom stereocenters. The minimum absolute atomic E-state index is 0.0302. The van der Waals surface area contributed by atoms with Gasteiger partial charge in [-0.3, -0.25) is 10.1 Å². The summed E-state index contributed by atoms with van der Waals surface area (Å²) >= 11 is 0. The van der Waals surface area contributed by atoms with E-state index in [9.17, 15) is 15.4 Å². The van der Waals surface area contributed by atoms with Crippen LogP contribution in [0.4, 0.5) is 23.1 Å². The van der Waals surface area contributed by atoms with Crippen molar-refractivity contribution < 1.29 is 9.66 Å². The van der Waals surface area contributed by atoms with Crippen LogP contribution in [-0.2, 0) is 4.74 Å². The zero-order valence-electron chi connectivity index (χ0n) is 13.2. The molecular weight excluding hydrogens is 326 g/mol. The summed E-state index contributed by atoms with van der Waals surface area (Å²) in [5.41, 5.74) is 12.3. The Balaban J connectivity index is 2.12. The molecular formula is C15H15N7O3. The Hall–Kier alpha value is -3.45. The van der Waals surface area contributed by atoms with Gasteiger partial charge < -0.3 is 21.1 Å². The van der Waals surface area contributed by atoms with Crippen LogP contribution < -0.4 is 16.4 Å². The first-order valence-electron chi connectivity index (χ1n) is 7.46. The fourth-order valence-electron chi connectivity index (χ4n) is 2.70. The highest BCUT2D eigenvalue weighted by molar-refractivity contribution is 5.78. The number of nitriles is 1. The average molecular weight is 341 g/mol. The monoisotopic (exact) mass is 341 g/mol. The van der Waals surface area contributed by atoms with E-state index < -0.39 is 4.92 Å². The molecule has 1 saturated heterocycles. The second-order valence-corrected chi connectivity index (χ2v) is 5.36. The van der Waals surface area contributed by atoms with Gasteiger partial charge in [0.25, 0.3) is 5.69 Å². The van der Waals surface area contributed by atoms with Crippen molar-refractivity contribution in [3.05, 3.63) is 33.9 Å². The number of nitrogens with zero attached hydrogens (tertiary/aromatic N) is 5. The predicted octanol–water partition coefficient (Wildman–Crippen LogP) is 0.924. The number of benzene rings is 1. The van der Waals surface area contributed by atoms with Gasteiger partial charge in [0.2, 0.25) is 5.95 Å². The Morgan fingerprint density at radius 1 is 1.28 bits per heavy atom. The van der Waals surface area contributed by atoms with E-state index in [1.807, 2.05) is 11.0 Å². The third-order valence-corrected chi connectivity index (χ3v) is 3.86. The van der Waals surface area contributed by atoms with Crippen LogP contribution in [0.1, 0.15) is 5.56 Å². The molecule has 0 saturated carbocycles. The van der Waals surface area contributed by atoms with Crippen LogP contribution in [-0.4, -0.2) is 41.2 Å². The number of hydrogen-bond donors (Lipinski definition) is 2. The van der Waals surface area contributed by atoms with Crippen molar-refractivity contribution in [3.63, 3.8) is 0 Å². The Labute approximate surface area is 142 Å². The summed E-state index contributed by atoms with van der Waals surface area (Å²) in [4.78, 5) is 20.7. The molecule has 0 radical (unpaired) electrons. The van der Waals surface area contributed by atoms with Gasteiger partial charge in [0.05, 0.1) is 23.8 Å². The summed E-state index contributed by atoms with van der Waals surface area (Å²) in [7, 11) is 0. The number of hydrogen-bond acceptors (Lipinski definition) is 9. The third-order valence-electron chi connectivity index (χ3n) is 3.86. The number of nitrogen functional groups attached to an aromatic ring is 2. The van der Waals surface area contributed by atoms with Crippen LogP contribution in [0.15, 0.2) is 18.2 Å². The van der Waals surface area contributed by atoms with Crippen molar-refractivity contribution in [2.24, 2.45) is 0 Å². The van der Waals surface area contributed by atoms with E-state index in [0.717, 1.165) is 0 Å². The molecule has 0 bridgehead atoms. The molecule has 1 aliphatic rings. The lowest BCUT2D eigenvalue weighted by molar-refractivity contribution is -0.384. The summed E-state index contributed by atoms with van der Waals surface area (Å²) in [6, 6.07) is 6.57. The topological polar surface area (TPSA) is 157 Å². The first-order valence-corrected chi connectivity index (χ1v) is 7.46. The number of nitrogens with two attached hydrogens (primary N) is 2. The molecule has 0 spiro atoms. The average Bonchev–Trinajstić information content (AvgIpc) is 2.61. The van der Waals surface area contributed by atoms with E-state index in [1.54, 1.807) is 12.1 Å². The van der Waals surface area contributed by atoms with Crippen LogP contribution in [0.25, 0.3) is 11.3 Å². The molecule has 2 heterocycles. The molecule has 3 rings (SSSR count). The Kier molecular flexibility index (Phi) is 4.32. The van der Waals surface area contributed by atoms with Gasteiger partial charge in [-0.1, -0.05) is 6.07 Å². The lowest BCUT2D eigenvalue weighted by Gasteiger charge is -2.28. The zero-order chi connectivity index (χ0) is 18.0. The number of aromatic nitrogens is 2. The van der Waals surface area contributed by atoms with Gasteiger partial charge in [-0.05, 0) is 6.07 Å². The number of rotatable bonds is 3. The molecule has 4 N–H and O–H groups in total. The summed E-state index contributed by atoms with van der Waals surface area (Å²) in [6.07, 6.45) is 0. The van der Waals surface area contributed by atoms with E-state index >= 15 is 0 Å². The first kappa shape index (κ1) is 16.4. The van der Waals surface area contributed by atoms with Crippen molar-refractivity contribution in [1.29, 1.82) is 5.26 Å². The summed E-state index contributed by atoms with van der Waals surface area (Å²) in [5.74, 6) is -0.170. The minimum Gasteiger partial charge on any atom is -0.382 e. The fourth-order valence-corrected chi connectivity index (χ4v) is 2.70. The lowest BCUT2D eigenvalue weighted by Crippen LogP contribution is -2.36. The van der Waals surface area contributed by atoms with Crippen LogP contribution in [0.5, 0.6) is 0 Å². The van der Waals surface area contributed by atoms with Crippen LogP contribution in [0, 0.1) is 21.4 Å². The van der Waals surface area contributed by atoms with Gasteiger partial charge in [0.1, 0.15) is 23.1 Å². The number of nitro benzene ring substituents is 1. The fraction of sp³-hybridized carbons (Fsp3) is 0.267. The largest absolute Gasteiger partial charge is 0.382 e. The summed E-state index contributed by atoms with van der Waals surface area (Å²) in [5, 5.41) is 20.8. The normalized spacial score (nSPS) is 14.1. The van der Waals surface area contributed by atoms with Crippen molar-refractivity contribution in [2.45, 2.75) is 0 Å². The van der Waals surface area contributed by atoms with Gasteiger partial charge in [0.15, 0.2) is 0 Å². The van der Waals surface area contributed by atoms with Crippen molar-refractivity contribution in [2.75, 3.05) is 42.7 Å². The molecule has 10 nitrogen and oxygen atoms in total. The Bertz CT molecular complexity index is 872. The zero-order valence-corrected chi connectivity index (χ0v) is 13.2. The lowest BCUT2D eigenvalue weighted by atomic mass is 10.0. The molecule has 1 aromatic heterocycles. The van der Waals surface area contributed by atoms with Crippen molar-refractivity contribution in [3.8, 4) is 17.3 Å². The maximum absolute atomic E-state index is 11.5. The second-order valence-electron chi connectivity index (χ2n) is 5.36.